The zero-order valence-electron chi connectivity index (χ0n) is 10.5. The molecule has 19 heavy (non-hydrogen) atoms. The van der Waals surface area contributed by atoms with Gasteiger partial charge in [-0.15, -0.1) is 0 Å². The highest BCUT2D eigenvalue weighted by molar-refractivity contribution is 5.31. The lowest BCUT2D eigenvalue weighted by atomic mass is 9.91. The first kappa shape index (κ1) is 15.9. The Balaban J connectivity index is 2.99. The van der Waals surface area contributed by atoms with Crippen molar-refractivity contribution in [3.05, 3.63) is 35.4 Å². The van der Waals surface area contributed by atoms with Gasteiger partial charge in [-0.3, -0.25) is 0 Å². The topological polar surface area (TPSA) is 20.2 Å². The number of rotatable bonds is 4. The van der Waals surface area contributed by atoms with Crippen LogP contribution in [0.3, 0.4) is 0 Å². The van der Waals surface area contributed by atoms with Gasteiger partial charge in [-0.1, -0.05) is 38.1 Å². The Kier molecular flexibility index (Phi) is 4.55. The van der Waals surface area contributed by atoms with Gasteiger partial charge in [0.15, 0.2) is 0 Å². The minimum Gasteiger partial charge on any atom is -0.388 e. The number of alkyl halides is 5. The van der Waals surface area contributed by atoms with Crippen molar-refractivity contribution in [2.24, 2.45) is 0 Å². The highest BCUT2D eigenvalue weighted by atomic mass is 19.4. The molecule has 1 aromatic carbocycles. The van der Waals surface area contributed by atoms with E-state index in [0.717, 1.165) is 0 Å². The molecule has 0 saturated carbocycles. The van der Waals surface area contributed by atoms with Crippen molar-refractivity contribution in [1.29, 1.82) is 0 Å². The molecule has 0 aromatic heterocycles. The van der Waals surface area contributed by atoms with Crippen molar-refractivity contribution in [3.63, 3.8) is 0 Å². The predicted octanol–water partition coefficient (Wildman–Crippen LogP) is 4.43. The van der Waals surface area contributed by atoms with Gasteiger partial charge in [0.2, 0.25) is 0 Å². The van der Waals surface area contributed by atoms with Gasteiger partial charge in [-0.05, 0) is 17.0 Å². The number of hydrogen-bond donors (Lipinski definition) is 1. The Morgan fingerprint density at radius 3 is 1.89 bits per heavy atom. The van der Waals surface area contributed by atoms with Crippen molar-refractivity contribution >= 4 is 0 Å². The molecule has 1 N–H and O–H groups in total. The Bertz CT molecular complexity index is 425. The van der Waals surface area contributed by atoms with Gasteiger partial charge >= 0.3 is 12.1 Å². The van der Waals surface area contributed by atoms with Crippen LogP contribution in [0.4, 0.5) is 22.0 Å². The van der Waals surface area contributed by atoms with Crippen LogP contribution < -0.4 is 0 Å². The summed E-state index contributed by atoms with van der Waals surface area (Å²) in [5.74, 6) is -4.98. The van der Waals surface area contributed by atoms with E-state index < -0.39 is 24.6 Å². The second-order valence-corrected chi connectivity index (χ2v) is 4.71. The molecule has 0 bridgehead atoms. The largest absolute Gasteiger partial charge is 0.453 e. The average molecular weight is 282 g/mol. The van der Waals surface area contributed by atoms with E-state index in [4.69, 9.17) is 0 Å². The normalized spacial score (nSPS) is 14.8. The van der Waals surface area contributed by atoms with Gasteiger partial charge in [0.25, 0.3) is 0 Å². The van der Waals surface area contributed by atoms with E-state index in [1.807, 2.05) is 0 Å². The van der Waals surface area contributed by atoms with Gasteiger partial charge in [0.05, 0.1) is 12.5 Å². The highest BCUT2D eigenvalue weighted by Gasteiger charge is 2.58. The van der Waals surface area contributed by atoms with Gasteiger partial charge in [0.1, 0.15) is 0 Å². The van der Waals surface area contributed by atoms with E-state index in [0.29, 0.717) is 5.56 Å². The van der Waals surface area contributed by atoms with Crippen molar-refractivity contribution in [2.45, 2.75) is 44.4 Å². The molecular weight excluding hydrogens is 267 g/mol. The minimum absolute atomic E-state index is 0.0784. The van der Waals surface area contributed by atoms with Crippen LogP contribution in [0, 0.1) is 0 Å². The second-order valence-electron chi connectivity index (χ2n) is 4.71. The summed E-state index contributed by atoms with van der Waals surface area (Å²) in [4.78, 5) is 0. The summed E-state index contributed by atoms with van der Waals surface area (Å²) in [7, 11) is 0. The maximum absolute atomic E-state index is 12.9. The molecule has 6 heteroatoms. The summed E-state index contributed by atoms with van der Waals surface area (Å²) in [5.41, 5.74) is 0.675. The van der Waals surface area contributed by atoms with E-state index in [1.54, 1.807) is 26.0 Å². The van der Waals surface area contributed by atoms with Crippen molar-refractivity contribution in [1.82, 2.24) is 0 Å². The first-order chi connectivity index (χ1) is 8.56. The summed E-state index contributed by atoms with van der Waals surface area (Å²) >= 11 is 0. The zero-order valence-corrected chi connectivity index (χ0v) is 10.5. The second kappa shape index (κ2) is 5.45. The van der Waals surface area contributed by atoms with Crippen LogP contribution in [0.2, 0.25) is 0 Å². The maximum Gasteiger partial charge on any atom is 0.453 e. The number of aliphatic hydroxyl groups is 1. The lowest BCUT2D eigenvalue weighted by molar-refractivity contribution is -0.290. The Morgan fingerprint density at radius 2 is 1.47 bits per heavy atom. The molecule has 0 aliphatic heterocycles. The first-order valence-corrected chi connectivity index (χ1v) is 5.77. The summed E-state index contributed by atoms with van der Waals surface area (Å²) in [5, 5.41) is 9.67. The Labute approximate surface area is 108 Å². The summed E-state index contributed by atoms with van der Waals surface area (Å²) in [6.07, 6.45) is -9.17. The van der Waals surface area contributed by atoms with Crippen LogP contribution in [-0.2, 0) is 0 Å². The third kappa shape index (κ3) is 3.65. The van der Waals surface area contributed by atoms with E-state index in [9.17, 15) is 27.1 Å². The standard InChI is InChI=1S/C13H15F5O/c1-8(2)9-5-3-4-6-10(9)11(19)7-12(14,15)13(16,17)18/h3-6,8,11,19H,7H2,1-2H3. The molecule has 1 nitrogen and oxygen atoms in total. The van der Waals surface area contributed by atoms with Gasteiger partial charge in [-0.25, -0.2) is 0 Å². The van der Waals surface area contributed by atoms with Crippen molar-refractivity contribution < 1.29 is 27.1 Å². The molecule has 0 heterocycles. The van der Waals surface area contributed by atoms with E-state index in [-0.39, 0.29) is 11.5 Å². The number of hydrogen-bond acceptors (Lipinski definition) is 1. The highest BCUT2D eigenvalue weighted by Crippen LogP contribution is 2.42. The van der Waals surface area contributed by atoms with Crippen LogP contribution in [0.25, 0.3) is 0 Å². The monoisotopic (exact) mass is 282 g/mol. The van der Waals surface area contributed by atoms with Crippen LogP contribution >= 0.6 is 0 Å². The van der Waals surface area contributed by atoms with Crippen molar-refractivity contribution in [2.75, 3.05) is 0 Å². The number of benzene rings is 1. The molecule has 0 fully saturated rings. The van der Waals surface area contributed by atoms with Gasteiger partial charge < -0.3 is 5.11 Å². The number of aliphatic hydroxyl groups excluding tert-OH is 1. The fourth-order valence-corrected chi connectivity index (χ4v) is 1.81. The maximum atomic E-state index is 12.9. The fraction of sp³-hybridized carbons (Fsp3) is 0.538. The molecule has 0 amide bonds. The number of halogens is 5. The molecular formula is C13H15F5O. The molecule has 1 unspecified atom stereocenters. The Hall–Kier alpha value is -1.17. The van der Waals surface area contributed by atoms with Crippen LogP contribution in [-0.4, -0.2) is 17.2 Å². The van der Waals surface area contributed by atoms with E-state index >= 15 is 0 Å². The van der Waals surface area contributed by atoms with Crippen molar-refractivity contribution in [3.8, 4) is 0 Å². The molecule has 1 atom stereocenters. The molecule has 0 saturated heterocycles. The minimum atomic E-state index is -5.65. The molecule has 0 spiro atoms. The lowest BCUT2D eigenvalue weighted by Gasteiger charge is -2.24. The summed E-state index contributed by atoms with van der Waals surface area (Å²) in [6, 6.07) is 6.12. The van der Waals surface area contributed by atoms with Gasteiger partial charge in [0, 0.05) is 0 Å². The predicted molar refractivity (Wildman–Crippen MR) is 61.1 cm³/mol. The van der Waals surface area contributed by atoms with Crippen LogP contribution in [0.1, 0.15) is 43.4 Å². The SMILES string of the molecule is CC(C)c1ccccc1C(O)CC(F)(F)C(F)(F)F. The zero-order chi connectivity index (χ0) is 14.8. The first-order valence-electron chi connectivity index (χ1n) is 5.77. The molecule has 1 aromatic rings. The third-order valence-electron chi connectivity index (χ3n) is 2.84. The van der Waals surface area contributed by atoms with Crippen LogP contribution in [0.5, 0.6) is 0 Å². The average Bonchev–Trinajstić information content (AvgIpc) is 2.26. The molecule has 0 radical (unpaired) electrons. The molecule has 0 aliphatic carbocycles. The van der Waals surface area contributed by atoms with Crippen LogP contribution in [0.15, 0.2) is 24.3 Å². The summed E-state index contributed by atoms with van der Waals surface area (Å²) < 4.78 is 62.2. The van der Waals surface area contributed by atoms with E-state index in [1.165, 1.54) is 12.1 Å². The molecule has 0 aliphatic rings. The fourth-order valence-electron chi connectivity index (χ4n) is 1.81. The van der Waals surface area contributed by atoms with Gasteiger partial charge in [-0.2, -0.15) is 22.0 Å². The van der Waals surface area contributed by atoms with E-state index in [2.05, 4.69) is 0 Å². The molecule has 1 rings (SSSR count). The molecule has 108 valence electrons. The quantitative estimate of drug-likeness (QED) is 0.810. The lowest BCUT2D eigenvalue weighted by Crippen LogP contribution is -2.37. The Morgan fingerprint density at radius 1 is 1.00 bits per heavy atom. The summed E-state index contributed by atoms with van der Waals surface area (Å²) in [6.45, 7) is 3.54. The third-order valence-corrected chi connectivity index (χ3v) is 2.84. The smallest absolute Gasteiger partial charge is 0.388 e.